The number of anilines is 1. The number of carbonyl (C=O) groups excluding carboxylic acids is 1. The number of carbonyl (C=O) groups is 1. The maximum absolute atomic E-state index is 11.8. The van der Waals surface area contributed by atoms with E-state index in [0.29, 0.717) is 17.9 Å². The van der Waals surface area contributed by atoms with Gasteiger partial charge < -0.3 is 19.9 Å². The number of aryl methyl sites for hydroxylation is 1. The Morgan fingerprint density at radius 1 is 1.25 bits per heavy atom. The second-order valence-electron chi connectivity index (χ2n) is 5.42. The number of methoxy groups -OCH3 is 1. The molecule has 0 saturated carbocycles. The van der Waals surface area contributed by atoms with Crippen molar-refractivity contribution in [2.45, 2.75) is 6.54 Å². The third-order valence-electron chi connectivity index (χ3n) is 4.01. The highest BCUT2D eigenvalue weighted by molar-refractivity contribution is 5.95. The Hall–Kier alpha value is -3.02. The molecule has 1 amide bonds. The Kier molecular flexibility index (Phi) is 4.37. The zero-order valence-corrected chi connectivity index (χ0v) is 14.0. The molecule has 6 nitrogen and oxygen atoms in total. The summed E-state index contributed by atoms with van der Waals surface area (Å²) in [5.74, 6) is 1.45. The quantitative estimate of drug-likeness (QED) is 0.757. The van der Waals surface area contributed by atoms with Crippen LogP contribution in [0.25, 0.3) is 11.0 Å². The predicted molar refractivity (Wildman–Crippen MR) is 94.4 cm³/mol. The van der Waals surface area contributed by atoms with Crippen LogP contribution in [0.15, 0.2) is 42.5 Å². The Morgan fingerprint density at radius 2 is 2.04 bits per heavy atom. The summed E-state index contributed by atoms with van der Waals surface area (Å²) in [6.07, 6.45) is 0. The maximum Gasteiger partial charge on any atom is 0.251 e. The summed E-state index contributed by atoms with van der Waals surface area (Å²) in [6.45, 7) is 0.527. The van der Waals surface area contributed by atoms with Gasteiger partial charge in [0, 0.05) is 19.7 Å². The van der Waals surface area contributed by atoms with Gasteiger partial charge in [0.2, 0.25) is 0 Å². The number of nitrogens with one attached hydrogen (secondary N) is 2. The maximum atomic E-state index is 11.8. The fraction of sp³-hybridized carbons (Fsp3) is 0.222. The summed E-state index contributed by atoms with van der Waals surface area (Å²) in [7, 11) is 5.21. The standard InChI is InChI=1S/C18H20N4O2/c1-19-18(23)12-8-9-16(24-3)14(10-12)20-11-17-21-13-6-4-5-7-15(13)22(17)2/h4-10,20H,11H2,1-3H3,(H,19,23). The Balaban J connectivity index is 1.87. The molecular formula is C18H20N4O2. The molecule has 1 aromatic heterocycles. The Bertz CT molecular complexity index is 886. The van der Waals surface area contributed by atoms with Gasteiger partial charge in [-0.05, 0) is 30.3 Å². The molecule has 0 atom stereocenters. The highest BCUT2D eigenvalue weighted by atomic mass is 16.5. The van der Waals surface area contributed by atoms with Crippen molar-refractivity contribution < 1.29 is 9.53 Å². The van der Waals surface area contributed by atoms with Crippen LogP contribution in [0.1, 0.15) is 16.2 Å². The Morgan fingerprint density at radius 3 is 2.75 bits per heavy atom. The predicted octanol–water partition coefficient (Wildman–Crippen LogP) is 2.55. The third-order valence-corrected chi connectivity index (χ3v) is 4.01. The van der Waals surface area contributed by atoms with Gasteiger partial charge in [0.25, 0.3) is 5.91 Å². The van der Waals surface area contributed by atoms with Gasteiger partial charge >= 0.3 is 0 Å². The zero-order chi connectivity index (χ0) is 17.1. The molecule has 0 bridgehead atoms. The molecule has 124 valence electrons. The van der Waals surface area contributed by atoms with Crippen molar-refractivity contribution in [1.82, 2.24) is 14.9 Å². The van der Waals surface area contributed by atoms with E-state index in [4.69, 9.17) is 4.74 Å². The first-order chi connectivity index (χ1) is 11.6. The lowest BCUT2D eigenvalue weighted by molar-refractivity contribution is 0.0963. The van der Waals surface area contributed by atoms with Gasteiger partial charge in [-0.15, -0.1) is 0 Å². The van der Waals surface area contributed by atoms with E-state index in [1.54, 1.807) is 32.4 Å². The summed E-state index contributed by atoms with van der Waals surface area (Å²) in [4.78, 5) is 16.5. The number of imidazole rings is 1. The molecule has 0 aliphatic heterocycles. The highest BCUT2D eigenvalue weighted by Crippen LogP contribution is 2.26. The van der Waals surface area contributed by atoms with Crippen LogP contribution in [0.5, 0.6) is 5.75 Å². The van der Waals surface area contributed by atoms with Gasteiger partial charge in [0.05, 0.1) is 30.4 Å². The number of benzene rings is 2. The van der Waals surface area contributed by atoms with E-state index in [1.807, 2.05) is 31.3 Å². The number of fused-ring (bicyclic) bond motifs is 1. The van der Waals surface area contributed by atoms with Crippen LogP contribution in [-0.4, -0.2) is 29.6 Å². The highest BCUT2D eigenvalue weighted by Gasteiger charge is 2.11. The van der Waals surface area contributed by atoms with Crippen LogP contribution in [-0.2, 0) is 13.6 Å². The lowest BCUT2D eigenvalue weighted by Gasteiger charge is -2.12. The van der Waals surface area contributed by atoms with E-state index in [-0.39, 0.29) is 5.91 Å². The van der Waals surface area contributed by atoms with Gasteiger partial charge in [-0.2, -0.15) is 0 Å². The molecule has 24 heavy (non-hydrogen) atoms. The van der Waals surface area contributed by atoms with Crippen molar-refractivity contribution >= 4 is 22.6 Å². The second-order valence-corrected chi connectivity index (χ2v) is 5.42. The average Bonchev–Trinajstić information content (AvgIpc) is 2.95. The van der Waals surface area contributed by atoms with E-state index in [2.05, 4.69) is 20.2 Å². The first-order valence-electron chi connectivity index (χ1n) is 7.68. The summed E-state index contributed by atoms with van der Waals surface area (Å²) in [5, 5.41) is 5.94. The molecule has 0 aliphatic carbocycles. The van der Waals surface area contributed by atoms with Gasteiger partial charge in [-0.25, -0.2) is 4.98 Å². The molecule has 2 aromatic carbocycles. The number of aromatic nitrogens is 2. The topological polar surface area (TPSA) is 68.2 Å². The van der Waals surface area contributed by atoms with Gasteiger partial charge in [-0.3, -0.25) is 4.79 Å². The van der Waals surface area contributed by atoms with Crippen LogP contribution in [0.3, 0.4) is 0 Å². The minimum atomic E-state index is -0.136. The van der Waals surface area contributed by atoms with E-state index in [1.165, 1.54) is 0 Å². The van der Waals surface area contributed by atoms with E-state index < -0.39 is 0 Å². The number of hydrogen-bond acceptors (Lipinski definition) is 4. The largest absolute Gasteiger partial charge is 0.495 e. The molecule has 3 rings (SSSR count). The van der Waals surface area contributed by atoms with Crippen LogP contribution < -0.4 is 15.4 Å². The molecule has 0 unspecified atom stereocenters. The molecule has 0 radical (unpaired) electrons. The van der Waals surface area contributed by atoms with Crippen molar-refractivity contribution in [1.29, 1.82) is 0 Å². The molecule has 1 heterocycles. The lowest BCUT2D eigenvalue weighted by atomic mass is 10.1. The van der Waals surface area contributed by atoms with E-state index >= 15 is 0 Å². The minimum Gasteiger partial charge on any atom is -0.495 e. The van der Waals surface area contributed by atoms with Crippen LogP contribution in [0, 0.1) is 0 Å². The zero-order valence-electron chi connectivity index (χ0n) is 14.0. The van der Waals surface area contributed by atoms with Gasteiger partial charge in [0.15, 0.2) is 0 Å². The molecule has 2 N–H and O–H groups in total. The van der Waals surface area contributed by atoms with Crippen molar-refractivity contribution in [3.63, 3.8) is 0 Å². The van der Waals surface area contributed by atoms with Crippen molar-refractivity contribution in [2.24, 2.45) is 7.05 Å². The van der Waals surface area contributed by atoms with Crippen molar-refractivity contribution in [2.75, 3.05) is 19.5 Å². The van der Waals surface area contributed by atoms with E-state index in [9.17, 15) is 4.79 Å². The summed E-state index contributed by atoms with van der Waals surface area (Å²) in [6, 6.07) is 13.3. The number of para-hydroxylation sites is 2. The molecule has 0 fully saturated rings. The summed E-state index contributed by atoms with van der Waals surface area (Å²) < 4.78 is 7.42. The summed E-state index contributed by atoms with van der Waals surface area (Å²) >= 11 is 0. The molecule has 0 aliphatic rings. The van der Waals surface area contributed by atoms with Crippen LogP contribution in [0.2, 0.25) is 0 Å². The first-order valence-corrected chi connectivity index (χ1v) is 7.68. The summed E-state index contributed by atoms with van der Waals surface area (Å²) in [5.41, 5.74) is 3.37. The molecule has 3 aromatic rings. The van der Waals surface area contributed by atoms with Crippen LogP contribution >= 0.6 is 0 Å². The number of nitrogens with zero attached hydrogens (tertiary/aromatic N) is 2. The third kappa shape index (κ3) is 2.90. The van der Waals surface area contributed by atoms with Crippen LogP contribution in [0.4, 0.5) is 5.69 Å². The molecule has 0 saturated heterocycles. The number of ether oxygens (including phenoxy) is 1. The van der Waals surface area contributed by atoms with Gasteiger partial charge in [0.1, 0.15) is 11.6 Å². The second kappa shape index (κ2) is 6.62. The fourth-order valence-electron chi connectivity index (χ4n) is 2.66. The van der Waals surface area contributed by atoms with Gasteiger partial charge in [-0.1, -0.05) is 12.1 Å². The first kappa shape index (κ1) is 15.9. The van der Waals surface area contributed by atoms with Crippen molar-refractivity contribution in [3.8, 4) is 5.75 Å². The van der Waals surface area contributed by atoms with E-state index in [0.717, 1.165) is 22.5 Å². The van der Waals surface area contributed by atoms with Crippen molar-refractivity contribution in [3.05, 3.63) is 53.9 Å². The SMILES string of the molecule is CNC(=O)c1ccc(OC)c(NCc2nc3ccccc3n2C)c1. The molecule has 0 spiro atoms. The molecule has 6 heteroatoms. The molecular weight excluding hydrogens is 304 g/mol. The number of hydrogen-bond donors (Lipinski definition) is 2. The number of amides is 1. The monoisotopic (exact) mass is 324 g/mol. The fourth-order valence-corrected chi connectivity index (χ4v) is 2.66. The average molecular weight is 324 g/mol. The Labute approximate surface area is 140 Å². The smallest absolute Gasteiger partial charge is 0.251 e. The number of rotatable bonds is 5. The lowest BCUT2D eigenvalue weighted by Crippen LogP contribution is -2.18. The normalized spacial score (nSPS) is 10.6. The minimum absolute atomic E-state index is 0.136.